The van der Waals surface area contributed by atoms with E-state index in [1.165, 1.54) is 11.3 Å². The second kappa shape index (κ2) is 8.13. The van der Waals surface area contributed by atoms with Gasteiger partial charge in [0.15, 0.2) is 0 Å². The maximum atomic E-state index is 12.3. The molecular formula is C17H17F3N4O3S2. The van der Waals surface area contributed by atoms with Crippen LogP contribution < -0.4 is 9.46 Å². The van der Waals surface area contributed by atoms with Gasteiger partial charge in [0, 0.05) is 24.0 Å². The van der Waals surface area contributed by atoms with E-state index in [1.54, 1.807) is 4.68 Å². The number of ether oxygens (including phenoxy) is 1. The van der Waals surface area contributed by atoms with E-state index in [0.29, 0.717) is 17.2 Å². The number of nitrogens with zero attached hydrogens (tertiary/aromatic N) is 3. The summed E-state index contributed by atoms with van der Waals surface area (Å²) in [6.45, 7) is 3.89. The molecule has 0 saturated heterocycles. The summed E-state index contributed by atoms with van der Waals surface area (Å²) in [4.78, 5) is 4.30. The van der Waals surface area contributed by atoms with E-state index in [2.05, 4.69) is 19.5 Å². The van der Waals surface area contributed by atoms with E-state index in [-0.39, 0.29) is 11.4 Å². The summed E-state index contributed by atoms with van der Waals surface area (Å²) in [5.74, 6) is -0.490. The van der Waals surface area contributed by atoms with Gasteiger partial charge in [0.1, 0.15) is 5.75 Å². The van der Waals surface area contributed by atoms with Crippen molar-refractivity contribution in [1.82, 2.24) is 19.5 Å². The van der Waals surface area contributed by atoms with Crippen molar-refractivity contribution in [2.45, 2.75) is 31.5 Å². The molecule has 3 rings (SSSR count). The summed E-state index contributed by atoms with van der Waals surface area (Å²) < 4.78 is 69.0. The van der Waals surface area contributed by atoms with Gasteiger partial charge in [0.05, 0.1) is 16.3 Å². The van der Waals surface area contributed by atoms with Crippen LogP contribution in [0.4, 0.5) is 13.2 Å². The SMILES string of the molecule is Cc1cc(C)n(-c2nc(CCNS(=O)(=O)c3ccc(OC(F)(F)F)cc3)cs2)n1. The van der Waals surface area contributed by atoms with Crippen LogP contribution in [0.1, 0.15) is 17.1 Å². The predicted molar refractivity (Wildman–Crippen MR) is 101 cm³/mol. The molecule has 0 aliphatic heterocycles. The summed E-state index contributed by atoms with van der Waals surface area (Å²) in [7, 11) is -3.87. The van der Waals surface area contributed by atoms with E-state index >= 15 is 0 Å². The number of benzene rings is 1. The van der Waals surface area contributed by atoms with Gasteiger partial charge in [-0.3, -0.25) is 0 Å². The molecule has 2 heterocycles. The van der Waals surface area contributed by atoms with Crippen LogP contribution in [0.3, 0.4) is 0 Å². The Morgan fingerprint density at radius 3 is 2.48 bits per heavy atom. The Balaban J connectivity index is 1.59. The number of aryl methyl sites for hydroxylation is 2. The number of nitrogens with one attached hydrogen (secondary N) is 1. The molecule has 0 radical (unpaired) electrons. The highest BCUT2D eigenvalue weighted by Crippen LogP contribution is 2.24. The molecule has 0 aliphatic carbocycles. The lowest BCUT2D eigenvalue weighted by molar-refractivity contribution is -0.274. The van der Waals surface area contributed by atoms with Crippen LogP contribution in [0.15, 0.2) is 40.6 Å². The smallest absolute Gasteiger partial charge is 0.406 e. The third kappa shape index (κ3) is 5.55. The molecule has 0 unspecified atom stereocenters. The van der Waals surface area contributed by atoms with E-state index in [4.69, 9.17) is 0 Å². The number of sulfonamides is 1. The van der Waals surface area contributed by atoms with Crippen LogP contribution in [0.25, 0.3) is 5.13 Å². The first kappa shape index (κ1) is 21.3. The molecule has 1 aromatic carbocycles. The van der Waals surface area contributed by atoms with Crippen molar-refractivity contribution in [3.8, 4) is 10.9 Å². The molecule has 29 heavy (non-hydrogen) atoms. The molecule has 12 heteroatoms. The Morgan fingerprint density at radius 2 is 1.90 bits per heavy atom. The summed E-state index contributed by atoms with van der Waals surface area (Å²) in [6.07, 6.45) is -4.48. The van der Waals surface area contributed by atoms with E-state index in [1.807, 2.05) is 25.3 Å². The van der Waals surface area contributed by atoms with Crippen LogP contribution >= 0.6 is 11.3 Å². The predicted octanol–water partition coefficient (Wildman–Crippen LogP) is 3.37. The maximum absolute atomic E-state index is 12.3. The van der Waals surface area contributed by atoms with Gasteiger partial charge < -0.3 is 4.74 Å². The fourth-order valence-corrected chi connectivity index (χ4v) is 4.45. The van der Waals surface area contributed by atoms with Crippen molar-refractivity contribution >= 4 is 21.4 Å². The summed E-state index contributed by atoms with van der Waals surface area (Å²) in [6, 6.07) is 5.92. The standard InChI is InChI=1S/C17H17F3N4O3S2/c1-11-9-12(2)24(23-11)16-22-13(10-28-16)7-8-21-29(25,26)15-5-3-14(4-6-15)27-17(18,19)20/h3-6,9-10,21H,7-8H2,1-2H3. The van der Waals surface area contributed by atoms with Gasteiger partial charge in [-0.25, -0.2) is 22.8 Å². The second-order valence-corrected chi connectivity index (χ2v) is 8.73. The Bertz CT molecular complexity index is 1090. The molecule has 7 nitrogen and oxygen atoms in total. The Morgan fingerprint density at radius 1 is 1.21 bits per heavy atom. The number of halogens is 3. The summed E-state index contributed by atoms with van der Waals surface area (Å²) in [5.41, 5.74) is 2.52. The quantitative estimate of drug-likeness (QED) is 0.602. The minimum atomic E-state index is -4.83. The average Bonchev–Trinajstić information content (AvgIpc) is 3.19. The Labute approximate surface area is 169 Å². The third-order valence-electron chi connectivity index (χ3n) is 3.77. The monoisotopic (exact) mass is 446 g/mol. The first-order chi connectivity index (χ1) is 13.5. The number of thiazole rings is 1. The number of hydrogen-bond acceptors (Lipinski definition) is 6. The van der Waals surface area contributed by atoms with Gasteiger partial charge in [-0.15, -0.1) is 24.5 Å². The van der Waals surface area contributed by atoms with Gasteiger partial charge in [-0.1, -0.05) is 0 Å². The van der Waals surface area contributed by atoms with E-state index in [9.17, 15) is 21.6 Å². The van der Waals surface area contributed by atoms with Crippen molar-refractivity contribution in [3.05, 3.63) is 52.8 Å². The molecule has 0 aliphatic rings. The van der Waals surface area contributed by atoms with Crippen molar-refractivity contribution in [2.75, 3.05) is 6.54 Å². The van der Waals surface area contributed by atoms with Crippen LogP contribution in [0.2, 0.25) is 0 Å². The van der Waals surface area contributed by atoms with Crippen molar-refractivity contribution in [1.29, 1.82) is 0 Å². The first-order valence-electron chi connectivity index (χ1n) is 8.37. The second-order valence-electron chi connectivity index (χ2n) is 6.13. The van der Waals surface area contributed by atoms with Crippen LogP contribution in [-0.2, 0) is 16.4 Å². The molecule has 1 N–H and O–H groups in total. The van der Waals surface area contributed by atoms with Gasteiger partial charge in [-0.2, -0.15) is 5.10 Å². The Kier molecular flexibility index (Phi) is 5.96. The van der Waals surface area contributed by atoms with Gasteiger partial charge in [-0.05, 0) is 44.2 Å². The van der Waals surface area contributed by atoms with Crippen molar-refractivity contribution < 1.29 is 26.3 Å². The summed E-state index contributed by atoms with van der Waals surface area (Å²) in [5, 5.41) is 6.87. The lowest BCUT2D eigenvalue weighted by atomic mass is 10.3. The zero-order chi connectivity index (χ0) is 21.2. The molecule has 156 valence electrons. The minimum absolute atomic E-state index is 0.0867. The normalized spacial score (nSPS) is 12.3. The van der Waals surface area contributed by atoms with E-state index in [0.717, 1.165) is 35.7 Å². The van der Waals surface area contributed by atoms with Crippen LogP contribution in [0, 0.1) is 13.8 Å². The Hall–Kier alpha value is -2.44. The molecule has 0 amide bonds. The summed E-state index contributed by atoms with van der Waals surface area (Å²) >= 11 is 1.40. The van der Waals surface area contributed by atoms with Gasteiger partial charge in [0.25, 0.3) is 0 Å². The van der Waals surface area contributed by atoms with E-state index < -0.39 is 22.1 Å². The maximum Gasteiger partial charge on any atom is 0.573 e. The molecule has 0 spiro atoms. The molecule has 0 saturated carbocycles. The lowest BCUT2D eigenvalue weighted by Crippen LogP contribution is -2.26. The average molecular weight is 446 g/mol. The molecule has 0 atom stereocenters. The molecule has 2 aromatic heterocycles. The molecular weight excluding hydrogens is 429 g/mol. The number of rotatable bonds is 7. The third-order valence-corrected chi connectivity index (χ3v) is 6.11. The number of hydrogen-bond donors (Lipinski definition) is 1. The minimum Gasteiger partial charge on any atom is -0.406 e. The highest BCUT2D eigenvalue weighted by atomic mass is 32.2. The number of alkyl halides is 3. The molecule has 3 aromatic rings. The van der Waals surface area contributed by atoms with Crippen LogP contribution in [0.5, 0.6) is 5.75 Å². The number of aromatic nitrogens is 3. The first-order valence-corrected chi connectivity index (χ1v) is 10.7. The zero-order valence-electron chi connectivity index (χ0n) is 15.4. The van der Waals surface area contributed by atoms with Gasteiger partial charge >= 0.3 is 6.36 Å². The molecule has 0 bridgehead atoms. The topological polar surface area (TPSA) is 86.1 Å². The van der Waals surface area contributed by atoms with Gasteiger partial charge in [0.2, 0.25) is 15.2 Å². The van der Waals surface area contributed by atoms with Crippen LogP contribution in [-0.4, -0.2) is 36.1 Å². The van der Waals surface area contributed by atoms with Crippen molar-refractivity contribution in [3.63, 3.8) is 0 Å². The molecule has 0 fully saturated rings. The lowest BCUT2D eigenvalue weighted by Gasteiger charge is -2.10. The highest BCUT2D eigenvalue weighted by molar-refractivity contribution is 7.89. The zero-order valence-corrected chi connectivity index (χ0v) is 17.0. The largest absolute Gasteiger partial charge is 0.573 e. The van der Waals surface area contributed by atoms with Crippen molar-refractivity contribution in [2.24, 2.45) is 0 Å². The fraction of sp³-hybridized carbons (Fsp3) is 0.294. The highest BCUT2D eigenvalue weighted by Gasteiger charge is 2.31. The fourth-order valence-electron chi connectivity index (χ4n) is 2.55.